The molecule has 1 aliphatic rings. The fourth-order valence-electron chi connectivity index (χ4n) is 2.01. The minimum atomic E-state index is -0.339. The van der Waals surface area contributed by atoms with Crippen molar-refractivity contribution in [2.24, 2.45) is 0 Å². The summed E-state index contributed by atoms with van der Waals surface area (Å²) in [5.74, 6) is 0. The average Bonchev–Trinajstić information content (AvgIpc) is 2.38. The molecule has 0 saturated carbocycles. The van der Waals surface area contributed by atoms with E-state index in [0.717, 1.165) is 11.3 Å². The highest BCUT2D eigenvalue weighted by Crippen LogP contribution is 2.30. The zero-order chi connectivity index (χ0) is 12.3. The summed E-state index contributed by atoms with van der Waals surface area (Å²) in [6.45, 7) is 3.72. The van der Waals surface area contributed by atoms with Crippen molar-refractivity contribution in [2.75, 3.05) is 12.0 Å². The van der Waals surface area contributed by atoms with Gasteiger partial charge in [-0.3, -0.25) is 4.90 Å². The largest absolute Gasteiger partial charge is 0.452 e. The Morgan fingerprint density at radius 2 is 2.29 bits per heavy atom. The fraction of sp³-hybridized carbons (Fsp3) is 0.214. The molecule has 0 radical (unpaired) electrons. The molecule has 17 heavy (non-hydrogen) atoms. The van der Waals surface area contributed by atoms with E-state index >= 15 is 0 Å². The predicted octanol–water partition coefficient (Wildman–Crippen LogP) is 3.23. The quantitative estimate of drug-likeness (QED) is 0.729. The standard InChI is InChI=1S/C14H15NO2/c1-3-6-12-10-9-11-7-4-5-8-13(11)15(12)14(16)17-2/h3-5,7-10,12H,1,6H2,2H3. The van der Waals surface area contributed by atoms with E-state index in [2.05, 4.69) is 6.58 Å². The third-order valence-corrected chi connectivity index (χ3v) is 2.81. The lowest BCUT2D eigenvalue weighted by molar-refractivity contribution is 0.177. The second-order valence-electron chi connectivity index (χ2n) is 3.85. The lowest BCUT2D eigenvalue weighted by Gasteiger charge is -2.32. The summed E-state index contributed by atoms with van der Waals surface area (Å²) in [7, 11) is 1.40. The highest BCUT2D eigenvalue weighted by molar-refractivity contribution is 5.93. The van der Waals surface area contributed by atoms with Crippen LogP contribution in [-0.4, -0.2) is 19.2 Å². The van der Waals surface area contributed by atoms with Gasteiger partial charge in [-0.2, -0.15) is 0 Å². The summed E-state index contributed by atoms with van der Waals surface area (Å²) in [5.41, 5.74) is 1.91. The third-order valence-electron chi connectivity index (χ3n) is 2.81. The smallest absolute Gasteiger partial charge is 0.414 e. The van der Waals surface area contributed by atoms with Crippen molar-refractivity contribution < 1.29 is 9.53 Å². The van der Waals surface area contributed by atoms with Crippen LogP contribution in [0.15, 0.2) is 43.0 Å². The van der Waals surface area contributed by atoms with Gasteiger partial charge in [0.25, 0.3) is 0 Å². The molecule has 2 rings (SSSR count). The molecular weight excluding hydrogens is 214 g/mol. The summed E-state index contributed by atoms with van der Waals surface area (Å²) >= 11 is 0. The molecule has 0 aromatic heterocycles. The first kappa shape index (κ1) is 11.5. The molecule has 0 aliphatic carbocycles. The van der Waals surface area contributed by atoms with Gasteiger partial charge in [0.2, 0.25) is 0 Å². The van der Waals surface area contributed by atoms with Gasteiger partial charge >= 0.3 is 6.09 Å². The number of nitrogens with zero attached hydrogens (tertiary/aromatic N) is 1. The molecule has 0 saturated heterocycles. The highest BCUT2D eigenvalue weighted by atomic mass is 16.5. The van der Waals surface area contributed by atoms with Gasteiger partial charge in [-0.25, -0.2) is 4.79 Å². The normalized spacial score (nSPS) is 17.5. The zero-order valence-corrected chi connectivity index (χ0v) is 9.80. The van der Waals surface area contributed by atoms with Gasteiger partial charge in [-0.05, 0) is 18.1 Å². The van der Waals surface area contributed by atoms with Crippen molar-refractivity contribution >= 4 is 17.9 Å². The number of rotatable bonds is 2. The molecule has 1 aromatic carbocycles. The first-order valence-corrected chi connectivity index (χ1v) is 5.53. The van der Waals surface area contributed by atoms with E-state index in [1.807, 2.05) is 36.4 Å². The molecule has 3 nitrogen and oxygen atoms in total. The van der Waals surface area contributed by atoms with Crippen LogP contribution < -0.4 is 4.90 Å². The molecule has 1 atom stereocenters. The van der Waals surface area contributed by atoms with Gasteiger partial charge in [0.05, 0.1) is 18.8 Å². The van der Waals surface area contributed by atoms with E-state index in [-0.39, 0.29) is 12.1 Å². The Balaban J connectivity index is 2.43. The maximum atomic E-state index is 11.9. The second-order valence-corrected chi connectivity index (χ2v) is 3.85. The number of methoxy groups -OCH3 is 1. The van der Waals surface area contributed by atoms with Crippen LogP contribution in [0, 0.1) is 0 Å². The van der Waals surface area contributed by atoms with Gasteiger partial charge < -0.3 is 4.74 Å². The minimum Gasteiger partial charge on any atom is -0.452 e. The minimum absolute atomic E-state index is 0.0187. The number of anilines is 1. The van der Waals surface area contributed by atoms with Crippen LogP contribution in [0.5, 0.6) is 0 Å². The average molecular weight is 229 g/mol. The number of amides is 1. The topological polar surface area (TPSA) is 29.5 Å². The first-order chi connectivity index (χ1) is 8.27. The molecule has 88 valence electrons. The number of carbonyl (C=O) groups excluding carboxylic acids is 1. The van der Waals surface area contributed by atoms with Crippen LogP contribution >= 0.6 is 0 Å². The number of ether oxygens (including phenoxy) is 1. The van der Waals surface area contributed by atoms with Crippen LogP contribution in [0.2, 0.25) is 0 Å². The molecule has 1 aromatic rings. The summed E-state index contributed by atoms with van der Waals surface area (Å²) in [6.07, 6.45) is 6.21. The third kappa shape index (κ3) is 2.09. The number of carbonyl (C=O) groups is 1. The number of hydrogen-bond donors (Lipinski definition) is 0. The van der Waals surface area contributed by atoms with Crippen molar-refractivity contribution in [1.82, 2.24) is 0 Å². The number of benzene rings is 1. The molecule has 1 amide bonds. The molecule has 1 heterocycles. The molecular formula is C14H15NO2. The van der Waals surface area contributed by atoms with E-state index in [1.165, 1.54) is 7.11 Å². The number of para-hydroxylation sites is 1. The highest BCUT2D eigenvalue weighted by Gasteiger charge is 2.27. The Bertz CT molecular complexity index is 465. The van der Waals surface area contributed by atoms with Gasteiger partial charge in [0.15, 0.2) is 0 Å². The van der Waals surface area contributed by atoms with Crippen LogP contribution in [0.25, 0.3) is 6.08 Å². The Morgan fingerprint density at radius 1 is 1.53 bits per heavy atom. The lowest BCUT2D eigenvalue weighted by Crippen LogP contribution is -2.40. The van der Waals surface area contributed by atoms with Crippen molar-refractivity contribution in [2.45, 2.75) is 12.5 Å². The molecule has 0 bridgehead atoms. The Morgan fingerprint density at radius 3 is 3.00 bits per heavy atom. The first-order valence-electron chi connectivity index (χ1n) is 5.53. The Kier molecular flexibility index (Phi) is 3.28. The monoisotopic (exact) mass is 229 g/mol. The number of fused-ring (bicyclic) bond motifs is 1. The van der Waals surface area contributed by atoms with Crippen molar-refractivity contribution in [3.63, 3.8) is 0 Å². The molecule has 1 aliphatic heterocycles. The van der Waals surface area contributed by atoms with Crippen LogP contribution in [-0.2, 0) is 4.74 Å². The van der Waals surface area contributed by atoms with Gasteiger partial charge in [-0.15, -0.1) is 6.58 Å². The van der Waals surface area contributed by atoms with Crippen LogP contribution in [0.3, 0.4) is 0 Å². The number of hydrogen-bond acceptors (Lipinski definition) is 2. The van der Waals surface area contributed by atoms with Gasteiger partial charge in [0.1, 0.15) is 0 Å². The van der Waals surface area contributed by atoms with E-state index in [0.29, 0.717) is 6.42 Å². The van der Waals surface area contributed by atoms with E-state index < -0.39 is 0 Å². The SMILES string of the molecule is C=CCC1C=Cc2ccccc2N1C(=O)OC. The molecule has 0 N–H and O–H groups in total. The van der Waals surface area contributed by atoms with Crippen molar-refractivity contribution in [1.29, 1.82) is 0 Å². The maximum absolute atomic E-state index is 11.9. The zero-order valence-electron chi connectivity index (χ0n) is 9.80. The van der Waals surface area contributed by atoms with Gasteiger partial charge in [-0.1, -0.05) is 36.4 Å². The Hall–Kier alpha value is -2.03. The summed E-state index contributed by atoms with van der Waals surface area (Å²) in [4.78, 5) is 13.5. The molecule has 3 heteroatoms. The lowest BCUT2D eigenvalue weighted by atomic mass is 10.0. The molecule has 1 unspecified atom stereocenters. The van der Waals surface area contributed by atoms with E-state index in [1.54, 1.807) is 11.0 Å². The van der Waals surface area contributed by atoms with Crippen molar-refractivity contribution in [3.05, 3.63) is 48.6 Å². The van der Waals surface area contributed by atoms with E-state index in [9.17, 15) is 4.79 Å². The fourth-order valence-corrected chi connectivity index (χ4v) is 2.01. The van der Waals surface area contributed by atoms with Crippen LogP contribution in [0.4, 0.5) is 10.5 Å². The predicted molar refractivity (Wildman–Crippen MR) is 69.0 cm³/mol. The summed E-state index contributed by atoms with van der Waals surface area (Å²) in [5, 5.41) is 0. The summed E-state index contributed by atoms with van der Waals surface area (Å²) < 4.78 is 4.84. The second kappa shape index (κ2) is 4.87. The Labute approximate surface area is 101 Å². The summed E-state index contributed by atoms with van der Waals surface area (Å²) in [6, 6.07) is 7.75. The van der Waals surface area contributed by atoms with Gasteiger partial charge in [0, 0.05) is 0 Å². The molecule has 0 spiro atoms. The van der Waals surface area contributed by atoms with Crippen molar-refractivity contribution in [3.8, 4) is 0 Å². The van der Waals surface area contributed by atoms with E-state index in [4.69, 9.17) is 4.74 Å². The van der Waals surface area contributed by atoms with Crippen LogP contribution in [0.1, 0.15) is 12.0 Å². The molecule has 0 fully saturated rings. The maximum Gasteiger partial charge on any atom is 0.414 e.